The maximum Gasteiger partial charge on any atom is 0.336 e. The normalized spacial score (nSPS) is 10.6. The fraction of sp³-hybridized carbons (Fsp3) is 0.156. The van der Waals surface area contributed by atoms with E-state index < -0.39 is 5.97 Å². The number of rotatable bonds is 10. The smallest absolute Gasteiger partial charge is 0.336 e. The Labute approximate surface area is 217 Å². The summed E-state index contributed by atoms with van der Waals surface area (Å²) in [5.41, 5.74) is 5.00. The van der Waals surface area contributed by atoms with E-state index in [1.165, 1.54) is 12.5 Å². The van der Waals surface area contributed by atoms with Crippen LogP contribution in [0, 0.1) is 0 Å². The number of hydrogen-bond donors (Lipinski definition) is 1. The van der Waals surface area contributed by atoms with E-state index in [1.807, 2.05) is 53.4 Å². The lowest BCUT2D eigenvalue weighted by atomic mass is 9.98. The highest BCUT2D eigenvalue weighted by molar-refractivity contribution is 5.98. The van der Waals surface area contributed by atoms with Crippen molar-refractivity contribution in [3.63, 3.8) is 0 Å². The van der Waals surface area contributed by atoms with Gasteiger partial charge >= 0.3 is 5.97 Å². The largest absolute Gasteiger partial charge is 0.478 e. The number of benzene rings is 4. The van der Waals surface area contributed by atoms with Crippen molar-refractivity contribution in [3.8, 4) is 11.1 Å². The van der Waals surface area contributed by atoms with Gasteiger partial charge in [-0.05, 0) is 60.2 Å². The van der Waals surface area contributed by atoms with Crippen molar-refractivity contribution in [3.05, 3.63) is 131 Å². The predicted molar refractivity (Wildman–Crippen MR) is 145 cm³/mol. The van der Waals surface area contributed by atoms with Gasteiger partial charge in [0.2, 0.25) is 0 Å². The summed E-state index contributed by atoms with van der Waals surface area (Å²) in [4.78, 5) is 38.5. The third kappa shape index (κ3) is 6.58. The van der Waals surface area contributed by atoms with Crippen LogP contribution in [0.1, 0.15) is 55.5 Å². The zero-order chi connectivity index (χ0) is 26.2. The lowest BCUT2D eigenvalue weighted by Crippen LogP contribution is -2.31. The highest BCUT2D eigenvalue weighted by Gasteiger charge is 2.17. The van der Waals surface area contributed by atoms with Gasteiger partial charge in [-0.1, -0.05) is 84.9 Å². The van der Waals surface area contributed by atoms with E-state index in [0.717, 1.165) is 24.0 Å². The molecule has 37 heavy (non-hydrogen) atoms. The summed E-state index contributed by atoms with van der Waals surface area (Å²) in [5.74, 6) is -1.10. The molecule has 0 saturated heterocycles. The number of hydrogen-bond acceptors (Lipinski definition) is 3. The fourth-order valence-corrected chi connectivity index (χ4v) is 4.33. The highest BCUT2D eigenvalue weighted by Crippen LogP contribution is 2.25. The van der Waals surface area contributed by atoms with Crippen LogP contribution < -0.4 is 0 Å². The Balaban J connectivity index is 1.53. The topological polar surface area (TPSA) is 74.7 Å². The van der Waals surface area contributed by atoms with Crippen LogP contribution in [0.25, 0.3) is 11.1 Å². The second-order valence-electron chi connectivity index (χ2n) is 9.00. The third-order valence-corrected chi connectivity index (χ3v) is 6.36. The van der Waals surface area contributed by atoms with Crippen LogP contribution in [-0.2, 0) is 13.0 Å². The summed E-state index contributed by atoms with van der Waals surface area (Å²) in [7, 11) is 0. The average Bonchev–Trinajstić information content (AvgIpc) is 2.93. The molecule has 0 spiro atoms. The number of ketones is 1. The summed E-state index contributed by atoms with van der Waals surface area (Å²) >= 11 is 0. The Morgan fingerprint density at radius 3 is 1.97 bits per heavy atom. The molecule has 0 atom stereocenters. The minimum atomic E-state index is -0.967. The van der Waals surface area contributed by atoms with Crippen LogP contribution >= 0.6 is 0 Å². The van der Waals surface area contributed by atoms with E-state index in [1.54, 1.807) is 42.5 Å². The molecule has 0 saturated carbocycles. The number of aromatic carboxylic acids is 1. The van der Waals surface area contributed by atoms with E-state index in [9.17, 15) is 19.5 Å². The summed E-state index contributed by atoms with van der Waals surface area (Å²) < 4.78 is 0. The summed E-state index contributed by atoms with van der Waals surface area (Å²) in [6.07, 6.45) is 1.67. The fourth-order valence-electron chi connectivity index (χ4n) is 4.33. The van der Waals surface area contributed by atoms with Crippen molar-refractivity contribution >= 4 is 17.7 Å². The molecule has 0 bridgehead atoms. The van der Waals surface area contributed by atoms with Crippen molar-refractivity contribution < 1.29 is 19.5 Å². The van der Waals surface area contributed by atoms with E-state index >= 15 is 0 Å². The molecule has 186 valence electrons. The van der Waals surface area contributed by atoms with Crippen LogP contribution in [-0.4, -0.2) is 34.2 Å². The van der Waals surface area contributed by atoms with Crippen molar-refractivity contribution in [2.24, 2.45) is 0 Å². The van der Waals surface area contributed by atoms with Gasteiger partial charge in [-0.15, -0.1) is 0 Å². The molecule has 0 aliphatic rings. The van der Waals surface area contributed by atoms with Crippen molar-refractivity contribution in [2.45, 2.75) is 26.3 Å². The molecule has 0 aliphatic heterocycles. The second-order valence-corrected chi connectivity index (χ2v) is 9.00. The molecule has 1 N–H and O–H groups in total. The van der Waals surface area contributed by atoms with Crippen LogP contribution in [0.15, 0.2) is 103 Å². The van der Waals surface area contributed by atoms with Gasteiger partial charge in [0.15, 0.2) is 5.78 Å². The van der Waals surface area contributed by atoms with Crippen LogP contribution in [0.2, 0.25) is 0 Å². The minimum Gasteiger partial charge on any atom is -0.478 e. The SMILES string of the molecule is CC(=O)c1ccc(C(=O)N(CCCc2ccccc2)Cc2ccc(-c3ccccc3C(=O)O)cc2)cc1. The number of carbonyl (C=O) groups is 3. The van der Waals surface area contributed by atoms with Crippen LogP contribution in [0.4, 0.5) is 0 Å². The first-order valence-corrected chi connectivity index (χ1v) is 12.3. The molecule has 4 aromatic rings. The minimum absolute atomic E-state index is 0.0386. The van der Waals surface area contributed by atoms with Crippen molar-refractivity contribution in [1.29, 1.82) is 0 Å². The molecule has 4 rings (SSSR count). The molecule has 0 heterocycles. The van der Waals surface area contributed by atoms with Gasteiger partial charge < -0.3 is 10.0 Å². The number of nitrogens with zero attached hydrogens (tertiary/aromatic N) is 1. The lowest BCUT2D eigenvalue weighted by molar-refractivity contribution is 0.0696. The number of carbonyl (C=O) groups excluding carboxylic acids is 2. The zero-order valence-electron chi connectivity index (χ0n) is 20.8. The molecular weight excluding hydrogens is 462 g/mol. The number of carboxylic acid groups (broad SMARTS) is 1. The number of carboxylic acids is 1. The molecule has 0 unspecified atom stereocenters. The Kier molecular flexibility index (Phi) is 8.26. The number of Topliss-reactive ketones (excluding diaryl/α,β-unsaturated/α-hetero) is 1. The van der Waals surface area contributed by atoms with E-state index in [0.29, 0.717) is 29.8 Å². The average molecular weight is 492 g/mol. The highest BCUT2D eigenvalue weighted by atomic mass is 16.4. The molecule has 0 fully saturated rings. The molecule has 4 aromatic carbocycles. The van der Waals surface area contributed by atoms with E-state index in [-0.39, 0.29) is 17.3 Å². The predicted octanol–water partition coefficient (Wildman–Crippen LogP) is 6.53. The van der Waals surface area contributed by atoms with Gasteiger partial charge in [-0.25, -0.2) is 4.79 Å². The Morgan fingerprint density at radius 1 is 0.703 bits per heavy atom. The monoisotopic (exact) mass is 491 g/mol. The van der Waals surface area contributed by atoms with Gasteiger partial charge in [0, 0.05) is 24.2 Å². The maximum atomic E-state index is 13.5. The molecule has 0 aliphatic carbocycles. The van der Waals surface area contributed by atoms with Gasteiger partial charge in [0.05, 0.1) is 5.56 Å². The third-order valence-electron chi connectivity index (χ3n) is 6.36. The Hall–Kier alpha value is -4.51. The first-order valence-electron chi connectivity index (χ1n) is 12.3. The molecule has 0 aromatic heterocycles. The van der Waals surface area contributed by atoms with Gasteiger partial charge in [-0.2, -0.15) is 0 Å². The first kappa shape index (κ1) is 25.6. The Morgan fingerprint density at radius 2 is 1.32 bits per heavy atom. The first-order chi connectivity index (χ1) is 17.9. The van der Waals surface area contributed by atoms with E-state index in [2.05, 4.69) is 12.1 Å². The lowest BCUT2D eigenvalue weighted by Gasteiger charge is -2.23. The summed E-state index contributed by atoms with van der Waals surface area (Å²) in [6, 6.07) is 31.5. The van der Waals surface area contributed by atoms with Crippen molar-refractivity contribution in [2.75, 3.05) is 6.54 Å². The van der Waals surface area contributed by atoms with Crippen LogP contribution in [0.5, 0.6) is 0 Å². The standard InChI is InChI=1S/C32H29NO4/c1-23(34)26-17-19-28(20-18-26)31(35)33(21-7-10-24-8-3-2-4-9-24)22-25-13-15-27(16-14-25)29-11-5-6-12-30(29)32(36)37/h2-6,8-9,11-20H,7,10,21-22H2,1H3,(H,36,37). The maximum absolute atomic E-state index is 13.5. The van der Waals surface area contributed by atoms with Crippen molar-refractivity contribution in [1.82, 2.24) is 4.90 Å². The Bertz CT molecular complexity index is 1380. The second kappa shape index (κ2) is 12.0. The molecule has 1 amide bonds. The molecule has 0 radical (unpaired) electrons. The van der Waals surface area contributed by atoms with Crippen LogP contribution in [0.3, 0.4) is 0 Å². The van der Waals surface area contributed by atoms with Gasteiger partial charge in [0.1, 0.15) is 0 Å². The number of aryl methyl sites for hydroxylation is 1. The van der Waals surface area contributed by atoms with Gasteiger partial charge in [0.25, 0.3) is 5.91 Å². The summed E-state index contributed by atoms with van der Waals surface area (Å²) in [5, 5.41) is 9.52. The molecule has 5 nitrogen and oxygen atoms in total. The summed E-state index contributed by atoms with van der Waals surface area (Å²) in [6.45, 7) is 2.50. The number of amides is 1. The molecule has 5 heteroatoms. The molecular formula is C32H29NO4. The quantitative estimate of drug-likeness (QED) is 0.256. The van der Waals surface area contributed by atoms with E-state index in [4.69, 9.17) is 0 Å². The zero-order valence-corrected chi connectivity index (χ0v) is 20.8. The van der Waals surface area contributed by atoms with Gasteiger partial charge in [-0.3, -0.25) is 9.59 Å².